The number of carbonyl (C=O) groups is 11. The minimum atomic E-state index is -1.68. The van der Waals surface area contributed by atoms with Crippen LogP contribution in [-0.2, 0) is 52.7 Å². The molecule has 0 saturated carbocycles. The zero-order chi connectivity index (χ0) is 56.8. The second-order valence-corrected chi connectivity index (χ2v) is 18.5. The molecule has 12 atom stereocenters. The van der Waals surface area contributed by atoms with Crippen molar-refractivity contribution in [1.29, 1.82) is 0 Å². The molecule has 0 bridgehead atoms. The number of nitrogens with two attached hydrogens (primary N) is 5. The molecule has 23 N–H and O–H groups in total. The van der Waals surface area contributed by atoms with E-state index in [0.717, 1.165) is 25.7 Å². The molecule has 0 aliphatic carbocycles. The normalized spacial score (nSPS) is 23.9. The SMILES string of the molecule is CCCCCCCC(=O)N[C@@H](CCN)C(=O)N[C@H](C(=O)N[C@@H](CCN)C(=O)N[C@H]1CCNC(=O)[C@H]([C@@H](C)O)NC(=O)[C@H](CCN)NC(=O)[C@H](CCN)NC(=O)[C@H](C)NC(=O)[C@@H](C)NC(=O)[C@H](CCN)NC1=O)[C@@H](C)O. The first-order valence-corrected chi connectivity index (χ1v) is 25.7. The predicted octanol–water partition coefficient (Wildman–Crippen LogP) is -7.74. The molecule has 1 aliphatic rings. The number of hydrogen-bond donors (Lipinski definition) is 18. The highest BCUT2D eigenvalue weighted by Crippen LogP contribution is 2.08. The Labute approximate surface area is 437 Å². The fourth-order valence-electron chi connectivity index (χ4n) is 7.53. The Balaban J connectivity index is 3.62. The average molecular weight is 1070 g/mol. The molecule has 75 heavy (non-hydrogen) atoms. The highest BCUT2D eigenvalue weighted by molar-refractivity contribution is 5.99. The van der Waals surface area contributed by atoms with Crippen molar-refractivity contribution in [2.45, 2.75) is 184 Å². The van der Waals surface area contributed by atoms with Crippen LogP contribution in [-0.4, -0.2) is 187 Å². The van der Waals surface area contributed by atoms with Crippen molar-refractivity contribution in [3.8, 4) is 0 Å². The fourth-order valence-corrected chi connectivity index (χ4v) is 7.53. The molecular formula is C46H86N16O13. The third-order valence-electron chi connectivity index (χ3n) is 12.0. The van der Waals surface area contributed by atoms with E-state index in [1.165, 1.54) is 27.7 Å². The number of aliphatic hydroxyl groups excluding tert-OH is 2. The number of unbranched alkanes of at least 4 members (excludes halogenated alkanes) is 4. The summed E-state index contributed by atoms with van der Waals surface area (Å²) in [6, 6.07) is -14.5. The summed E-state index contributed by atoms with van der Waals surface area (Å²) in [4.78, 5) is 149. The summed E-state index contributed by atoms with van der Waals surface area (Å²) >= 11 is 0. The molecular weight excluding hydrogens is 985 g/mol. The molecule has 0 radical (unpaired) electrons. The van der Waals surface area contributed by atoms with E-state index in [1.807, 2.05) is 0 Å². The van der Waals surface area contributed by atoms with Crippen molar-refractivity contribution in [3.63, 3.8) is 0 Å². The third kappa shape index (κ3) is 24.4. The summed E-state index contributed by atoms with van der Waals surface area (Å²) in [5.41, 5.74) is 28.8. The number of amides is 11. The largest absolute Gasteiger partial charge is 0.391 e. The van der Waals surface area contributed by atoms with Crippen LogP contribution in [0.15, 0.2) is 0 Å². The molecule has 0 aromatic heterocycles. The molecule has 1 heterocycles. The van der Waals surface area contributed by atoms with Crippen LogP contribution in [0.2, 0.25) is 0 Å². The van der Waals surface area contributed by atoms with Gasteiger partial charge >= 0.3 is 0 Å². The zero-order valence-corrected chi connectivity index (χ0v) is 43.9. The molecule has 1 saturated heterocycles. The maximum absolute atomic E-state index is 14.1. The Hall–Kier alpha value is -6.11. The first-order valence-electron chi connectivity index (χ1n) is 25.7. The zero-order valence-electron chi connectivity index (χ0n) is 43.9. The maximum atomic E-state index is 14.1. The van der Waals surface area contributed by atoms with Crippen LogP contribution < -0.4 is 87.2 Å². The fraction of sp³-hybridized carbons (Fsp3) is 0.761. The van der Waals surface area contributed by atoms with E-state index >= 15 is 0 Å². The smallest absolute Gasteiger partial charge is 0.245 e. The van der Waals surface area contributed by atoms with Gasteiger partial charge in [-0.15, -0.1) is 0 Å². The molecule has 0 aromatic carbocycles. The molecule has 11 amide bonds. The highest BCUT2D eigenvalue weighted by atomic mass is 16.3. The Morgan fingerprint density at radius 2 is 1.03 bits per heavy atom. The Kier molecular flexibility index (Phi) is 32.1. The van der Waals surface area contributed by atoms with Crippen molar-refractivity contribution < 1.29 is 63.0 Å². The maximum Gasteiger partial charge on any atom is 0.245 e. The van der Waals surface area contributed by atoms with Gasteiger partial charge in [-0.25, -0.2) is 0 Å². The molecule has 0 aromatic rings. The van der Waals surface area contributed by atoms with Gasteiger partial charge in [0.2, 0.25) is 65.0 Å². The summed E-state index contributed by atoms with van der Waals surface area (Å²) in [5, 5.41) is 48.3. The van der Waals surface area contributed by atoms with E-state index < -0.39 is 151 Å². The van der Waals surface area contributed by atoms with Gasteiger partial charge in [0, 0.05) is 13.0 Å². The lowest BCUT2D eigenvalue weighted by molar-refractivity contribution is -0.137. The van der Waals surface area contributed by atoms with Crippen molar-refractivity contribution in [1.82, 2.24) is 58.5 Å². The number of rotatable bonds is 25. The summed E-state index contributed by atoms with van der Waals surface area (Å²) in [5.74, 6) is -9.78. The average Bonchev–Trinajstić information content (AvgIpc) is 3.34. The first kappa shape index (κ1) is 66.9. The van der Waals surface area contributed by atoms with Crippen LogP contribution in [0.3, 0.4) is 0 Å². The lowest BCUT2D eigenvalue weighted by Gasteiger charge is -2.28. The third-order valence-corrected chi connectivity index (χ3v) is 12.0. The molecule has 29 nitrogen and oxygen atoms in total. The highest BCUT2D eigenvalue weighted by Gasteiger charge is 2.36. The van der Waals surface area contributed by atoms with E-state index in [9.17, 15) is 63.0 Å². The Bertz CT molecular complexity index is 1900. The van der Waals surface area contributed by atoms with Gasteiger partial charge in [0.15, 0.2) is 0 Å². The van der Waals surface area contributed by atoms with Gasteiger partial charge in [0.1, 0.15) is 60.4 Å². The quantitative estimate of drug-likeness (QED) is 0.0378. The molecule has 0 spiro atoms. The summed E-state index contributed by atoms with van der Waals surface area (Å²) in [6.07, 6.45) is 0.227. The summed E-state index contributed by atoms with van der Waals surface area (Å²) in [6.45, 7) is 5.93. The minimum Gasteiger partial charge on any atom is -0.391 e. The van der Waals surface area contributed by atoms with Crippen molar-refractivity contribution in [2.75, 3.05) is 39.3 Å². The number of aliphatic hydroxyl groups is 2. The van der Waals surface area contributed by atoms with Crippen LogP contribution in [0.25, 0.3) is 0 Å². The Morgan fingerprint density at radius 3 is 1.53 bits per heavy atom. The molecule has 29 heteroatoms. The van der Waals surface area contributed by atoms with Crippen LogP contribution in [0.5, 0.6) is 0 Å². The van der Waals surface area contributed by atoms with E-state index in [-0.39, 0.29) is 71.2 Å². The second kappa shape index (κ2) is 36.0. The number of hydrogen-bond acceptors (Lipinski definition) is 18. The predicted molar refractivity (Wildman–Crippen MR) is 273 cm³/mol. The van der Waals surface area contributed by atoms with Gasteiger partial charge in [0.25, 0.3) is 0 Å². The van der Waals surface area contributed by atoms with Gasteiger partial charge in [-0.05, 0) is 105 Å². The summed E-state index contributed by atoms with van der Waals surface area (Å²) < 4.78 is 0. The van der Waals surface area contributed by atoms with Gasteiger partial charge in [-0.2, -0.15) is 0 Å². The number of carbonyl (C=O) groups excluding carboxylic acids is 11. The molecule has 0 unspecified atom stereocenters. The minimum absolute atomic E-state index is 0.00921. The first-order chi connectivity index (χ1) is 35.5. The Morgan fingerprint density at radius 1 is 0.560 bits per heavy atom. The van der Waals surface area contributed by atoms with Crippen LogP contribution >= 0.6 is 0 Å². The molecule has 1 fully saturated rings. The van der Waals surface area contributed by atoms with Gasteiger partial charge in [-0.3, -0.25) is 52.7 Å². The second-order valence-electron chi connectivity index (χ2n) is 18.5. The van der Waals surface area contributed by atoms with Crippen molar-refractivity contribution in [2.24, 2.45) is 28.7 Å². The molecule has 1 aliphatic heterocycles. The van der Waals surface area contributed by atoms with Gasteiger partial charge in [0.05, 0.1) is 12.2 Å². The lowest BCUT2D eigenvalue weighted by Crippen LogP contribution is -2.62. The standard InChI is InChI=1S/C46H86N16O13/c1-6-7-8-9-10-11-34(65)55-28(12-18-47)43(72)62-36(27(5)64)46(75)60-31(15-21-50)41(70)59-33-17-23-52-45(74)35(26(4)63)61-44(73)32(16-22-51)58-40(69)30(14-20-49)56-38(67)25(3)53-37(66)24(2)54-39(68)29(13-19-48)57-42(33)71/h24-33,35-36,63-64H,6-23,47-51H2,1-5H3,(H,52,74)(H,53,66)(H,54,68)(H,55,65)(H,56,67)(H,57,71)(H,58,69)(H,59,70)(H,60,75)(H,61,73)(H,62,72)/t24-,25+,26-,27-,28+,29+,30+,31+,32+,33+,35+,36+/m1/s1. The number of nitrogens with one attached hydrogen (secondary N) is 11. The van der Waals surface area contributed by atoms with Crippen LogP contribution in [0.4, 0.5) is 0 Å². The molecule has 1 rings (SSSR count). The van der Waals surface area contributed by atoms with Gasteiger partial charge < -0.3 is 97.4 Å². The van der Waals surface area contributed by atoms with E-state index in [2.05, 4.69) is 65.4 Å². The van der Waals surface area contributed by atoms with E-state index in [0.29, 0.717) is 6.42 Å². The van der Waals surface area contributed by atoms with Crippen molar-refractivity contribution >= 4 is 65.0 Å². The van der Waals surface area contributed by atoms with Crippen LogP contribution in [0, 0.1) is 0 Å². The van der Waals surface area contributed by atoms with E-state index in [4.69, 9.17) is 28.7 Å². The van der Waals surface area contributed by atoms with Crippen molar-refractivity contribution in [3.05, 3.63) is 0 Å². The summed E-state index contributed by atoms with van der Waals surface area (Å²) in [7, 11) is 0. The monoisotopic (exact) mass is 1070 g/mol. The van der Waals surface area contributed by atoms with E-state index in [1.54, 1.807) is 0 Å². The van der Waals surface area contributed by atoms with Crippen LogP contribution in [0.1, 0.15) is 112 Å². The molecule has 428 valence electrons. The lowest BCUT2D eigenvalue weighted by atomic mass is 10.1. The van der Waals surface area contributed by atoms with Gasteiger partial charge in [-0.1, -0.05) is 32.6 Å². The topological polar surface area (TPSA) is 491 Å².